The number of carbonyl (C=O) groups is 2. The Hall–Kier alpha value is -3.85. The number of aromatic nitrogens is 1. The van der Waals surface area contributed by atoms with Gasteiger partial charge in [-0.1, -0.05) is 35.6 Å². The molecule has 4 rings (SSSR count). The first-order valence-corrected chi connectivity index (χ1v) is 10.7. The number of ether oxygens (including phenoxy) is 2. The molecular formula is C24H19FN2O5S. The van der Waals surface area contributed by atoms with Crippen LogP contribution in [0.5, 0.6) is 0 Å². The predicted octanol–water partition coefficient (Wildman–Crippen LogP) is 2.33. The van der Waals surface area contributed by atoms with Gasteiger partial charge in [-0.15, -0.1) is 0 Å². The molecule has 0 spiro atoms. The van der Waals surface area contributed by atoms with Crippen LogP contribution >= 0.6 is 11.3 Å². The van der Waals surface area contributed by atoms with Crippen molar-refractivity contribution < 1.29 is 23.5 Å². The molecule has 1 aromatic heterocycles. The molecule has 7 nitrogen and oxygen atoms in total. The van der Waals surface area contributed by atoms with Crippen LogP contribution < -0.4 is 14.9 Å². The number of hydrogen-bond acceptors (Lipinski definition) is 7. The van der Waals surface area contributed by atoms with Gasteiger partial charge in [-0.05, 0) is 48.4 Å². The Morgan fingerprint density at radius 3 is 2.27 bits per heavy atom. The first kappa shape index (κ1) is 22.3. The fourth-order valence-electron chi connectivity index (χ4n) is 3.64. The molecule has 1 aliphatic heterocycles. The fraction of sp³-hybridized carbons (Fsp3) is 0.167. The summed E-state index contributed by atoms with van der Waals surface area (Å²) in [4.78, 5) is 42.8. The van der Waals surface area contributed by atoms with E-state index >= 15 is 0 Å². The predicted molar refractivity (Wildman–Crippen MR) is 120 cm³/mol. The molecule has 3 aromatic rings. The van der Waals surface area contributed by atoms with Gasteiger partial charge in [0.15, 0.2) is 4.80 Å². The maximum atomic E-state index is 13.4. The molecule has 168 valence electrons. The van der Waals surface area contributed by atoms with Gasteiger partial charge in [0.2, 0.25) is 0 Å². The summed E-state index contributed by atoms with van der Waals surface area (Å²) in [6.07, 6.45) is 1.65. The van der Waals surface area contributed by atoms with Crippen LogP contribution in [0.3, 0.4) is 0 Å². The SMILES string of the molecule is COC(=O)C1=C(C)N=c2s/c(=C\c3ccc(F)cc3)c(=O)n2C1c1ccc(C(=O)OC)cc1. The van der Waals surface area contributed by atoms with Gasteiger partial charge in [-0.3, -0.25) is 9.36 Å². The van der Waals surface area contributed by atoms with E-state index in [2.05, 4.69) is 4.99 Å². The summed E-state index contributed by atoms with van der Waals surface area (Å²) in [5, 5.41) is 0. The lowest BCUT2D eigenvalue weighted by Gasteiger charge is -2.24. The van der Waals surface area contributed by atoms with Gasteiger partial charge in [0.25, 0.3) is 5.56 Å². The summed E-state index contributed by atoms with van der Waals surface area (Å²) < 4.78 is 24.8. The second-order valence-corrected chi connectivity index (χ2v) is 8.25. The molecule has 0 amide bonds. The highest BCUT2D eigenvalue weighted by Gasteiger charge is 2.33. The number of benzene rings is 2. The minimum Gasteiger partial charge on any atom is -0.466 e. The van der Waals surface area contributed by atoms with Crippen LogP contribution in [0.4, 0.5) is 4.39 Å². The van der Waals surface area contributed by atoms with Gasteiger partial charge in [-0.2, -0.15) is 0 Å². The van der Waals surface area contributed by atoms with E-state index in [0.717, 1.165) is 0 Å². The Labute approximate surface area is 191 Å². The molecule has 0 bridgehead atoms. The van der Waals surface area contributed by atoms with E-state index in [1.807, 2.05) is 0 Å². The third kappa shape index (κ3) is 4.14. The highest BCUT2D eigenvalue weighted by Crippen LogP contribution is 2.30. The number of nitrogens with zero attached hydrogens (tertiary/aromatic N) is 2. The average Bonchev–Trinajstić information content (AvgIpc) is 3.13. The standard InChI is InChI=1S/C24H19FN2O5S/c1-13-19(23(30)32-3)20(15-6-8-16(9-7-15)22(29)31-2)27-21(28)18(33-24(27)26-13)12-14-4-10-17(25)11-5-14/h4-12,20H,1-3H3/b18-12-. The fourth-order valence-corrected chi connectivity index (χ4v) is 4.68. The van der Waals surface area contributed by atoms with E-state index in [9.17, 15) is 18.8 Å². The van der Waals surface area contributed by atoms with Gasteiger partial charge in [-0.25, -0.2) is 19.0 Å². The van der Waals surface area contributed by atoms with Gasteiger partial charge >= 0.3 is 11.9 Å². The number of esters is 2. The van der Waals surface area contributed by atoms with E-state index in [4.69, 9.17) is 9.47 Å². The lowest BCUT2D eigenvalue weighted by molar-refractivity contribution is -0.136. The number of carbonyl (C=O) groups excluding carboxylic acids is 2. The van der Waals surface area contributed by atoms with Crippen molar-refractivity contribution in [3.63, 3.8) is 0 Å². The maximum absolute atomic E-state index is 13.4. The van der Waals surface area contributed by atoms with Crippen LogP contribution in [-0.2, 0) is 14.3 Å². The van der Waals surface area contributed by atoms with Crippen LogP contribution in [-0.4, -0.2) is 30.7 Å². The number of rotatable bonds is 4. The van der Waals surface area contributed by atoms with Gasteiger partial charge in [0.05, 0.1) is 41.6 Å². The Kier molecular flexibility index (Phi) is 6.06. The summed E-state index contributed by atoms with van der Waals surface area (Å²) in [6.45, 7) is 1.68. The number of halogens is 1. The largest absolute Gasteiger partial charge is 0.466 e. The number of hydrogen-bond donors (Lipinski definition) is 0. The van der Waals surface area contributed by atoms with E-state index in [0.29, 0.717) is 31.7 Å². The normalized spacial score (nSPS) is 15.6. The molecule has 9 heteroatoms. The zero-order valence-corrected chi connectivity index (χ0v) is 18.8. The zero-order chi connectivity index (χ0) is 23.7. The second kappa shape index (κ2) is 8.95. The molecule has 2 heterocycles. The molecule has 0 radical (unpaired) electrons. The Morgan fingerprint density at radius 1 is 1.03 bits per heavy atom. The van der Waals surface area contributed by atoms with Crippen LogP contribution in [0, 0.1) is 5.82 Å². The van der Waals surface area contributed by atoms with E-state index < -0.39 is 18.0 Å². The average molecular weight is 466 g/mol. The summed E-state index contributed by atoms with van der Waals surface area (Å²) in [6, 6.07) is 11.4. The molecule has 0 N–H and O–H groups in total. The maximum Gasteiger partial charge on any atom is 0.338 e. The van der Waals surface area contributed by atoms with Crippen LogP contribution in [0.2, 0.25) is 0 Å². The Bertz CT molecular complexity index is 1450. The lowest BCUT2D eigenvalue weighted by atomic mass is 9.95. The van der Waals surface area contributed by atoms with Crippen molar-refractivity contribution >= 4 is 29.4 Å². The summed E-state index contributed by atoms with van der Waals surface area (Å²) in [7, 11) is 2.55. The molecule has 0 aliphatic carbocycles. The van der Waals surface area contributed by atoms with Gasteiger partial charge < -0.3 is 9.47 Å². The molecule has 0 saturated heterocycles. The molecule has 1 unspecified atom stereocenters. The van der Waals surface area contributed by atoms with E-state index in [1.165, 1.54) is 42.3 Å². The van der Waals surface area contributed by atoms with Gasteiger partial charge in [0.1, 0.15) is 5.82 Å². The van der Waals surface area contributed by atoms with Crippen LogP contribution in [0.15, 0.2) is 69.6 Å². The summed E-state index contributed by atoms with van der Waals surface area (Å²) in [5.41, 5.74) is 1.91. The highest BCUT2D eigenvalue weighted by molar-refractivity contribution is 7.07. The number of thiazole rings is 1. The number of allylic oxidation sites excluding steroid dienone is 1. The number of methoxy groups -OCH3 is 2. The molecule has 1 atom stereocenters. The molecule has 0 saturated carbocycles. The van der Waals surface area contributed by atoms with Crippen molar-refractivity contribution in [2.24, 2.45) is 4.99 Å². The quantitative estimate of drug-likeness (QED) is 0.551. The Morgan fingerprint density at radius 2 is 1.67 bits per heavy atom. The molecule has 33 heavy (non-hydrogen) atoms. The third-order valence-corrected chi connectivity index (χ3v) is 6.23. The monoisotopic (exact) mass is 466 g/mol. The first-order valence-electron chi connectivity index (χ1n) is 9.88. The molecule has 1 aliphatic rings. The van der Waals surface area contributed by atoms with Crippen molar-refractivity contribution in [1.82, 2.24) is 4.57 Å². The van der Waals surface area contributed by atoms with Crippen molar-refractivity contribution in [3.05, 3.63) is 102 Å². The number of fused-ring (bicyclic) bond motifs is 1. The molecule has 0 fully saturated rings. The van der Waals surface area contributed by atoms with Gasteiger partial charge in [0, 0.05) is 0 Å². The highest BCUT2D eigenvalue weighted by atomic mass is 32.1. The molecular weight excluding hydrogens is 447 g/mol. The smallest absolute Gasteiger partial charge is 0.338 e. The molecule has 2 aromatic carbocycles. The van der Waals surface area contributed by atoms with Crippen molar-refractivity contribution in [2.45, 2.75) is 13.0 Å². The Balaban J connectivity index is 1.92. The second-order valence-electron chi connectivity index (χ2n) is 7.24. The summed E-state index contributed by atoms with van der Waals surface area (Å²) >= 11 is 1.17. The zero-order valence-electron chi connectivity index (χ0n) is 18.0. The summed E-state index contributed by atoms with van der Waals surface area (Å²) in [5.74, 6) is -1.47. The van der Waals surface area contributed by atoms with Crippen molar-refractivity contribution in [3.8, 4) is 0 Å². The van der Waals surface area contributed by atoms with Crippen molar-refractivity contribution in [2.75, 3.05) is 14.2 Å². The third-order valence-electron chi connectivity index (χ3n) is 5.24. The van der Waals surface area contributed by atoms with E-state index in [-0.39, 0.29) is 16.9 Å². The van der Waals surface area contributed by atoms with Crippen molar-refractivity contribution in [1.29, 1.82) is 0 Å². The minimum atomic E-state index is -0.796. The van der Waals surface area contributed by atoms with Crippen LogP contribution in [0.1, 0.15) is 34.5 Å². The minimum absolute atomic E-state index is 0.226. The topological polar surface area (TPSA) is 87.0 Å². The lowest BCUT2D eigenvalue weighted by Crippen LogP contribution is -2.39. The first-order chi connectivity index (χ1) is 15.8. The van der Waals surface area contributed by atoms with E-state index in [1.54, 1.807) is 49.4 Å². The van der Waals surface area contributed by atoms with Crippen LogP contribution in [0.25, 0.3) is 6.08 Å².